The average molecular weight is 485 g/mol. The normalized spacial score (nSPS) is 12.5. The Morgan fingerprint density at radius 1 is 1.13 bits per heavy atom. The van der Waals surface area contributed by atoms with Crippen LogP contribution in [0.3, 0.4) is 0 Å². The first-order valence-electron chi connectivity index (χ1n) is 8.88. The zero-order valence-corrected chi connectivity index (χ0v) is 19.2. The van der Waals surface area contributed by atoms with E-state index in [0.717, 1.165) is 22.5 Å². The summed E-state index contributed by atoms with van der Waals surface area (Å²) >= 11 is 12.6. The van der Waals surface area contributed by atoms with Crippen molar-refractivity contribution in [2.24, 2.45) is 0 Å². The van der Waals surface area contributed by atoms with E-state index in [4.69, 9.17) is 23.2 Å². The number of nitrogens with one attached hydrogen (secondary N) is 2. The molecule has 3 rings (SSSR count). The van der Waals surface area contributed by atoms with Crippen molar-refractivity contribution in [3.05, 3.63) is 69.2 Å². The van der Waals surface area contributed by atoms with Crippen molar-refractivity contribution < 1.29 is 13.2 Å². The fraction of sp³-hybridized carbons (Fsp3) is 0.211. The van der Waals surface area contributed by atoms with Crippen LogP contribution in [0.15, 0.2) is 46.8 Å². The molecule has 1 atom stereocenters. The van der Waals surface area contributed by atoms with E-state index in [0.29, 0.717) is 11.4 Å². The third-order valence-electron chi connectivity index (χ3n) is 4.22. The fourth-order valence-corrected chi connectivity index (χ4v) is 5.34. The molecular formula is C19H18Cl2N4O3S2. The number of sulfonamides is 1. The van der Waals surface area contributed by atoms with Gasteiger partial charge in [0.1, 0.15) is 0 Å². The van der Waals surface area contributed by atoms with Gasteiger partial charge in [-0.3, -0.25) is 10.1 Å². The van der Waals surface area contributed by atoms with E-state index in [2.05, 4.69) is 20.2 Å². The van der Waals surface area contributed by atoms with Crippen molar-refractivity contribution in [1.82, 2.24) is 14.9 Å². The van der Waals surface area contributed by atoms with Gasteiger partial charge in [0.15, 0.2) is 0 Å². The lowest BCUT2D eigenvalue weighted by atomic mass is 10.0. The molecule has 11 heteroatoms. The minimum Gasteiger partial charge on any atom is -0.296 e. The number of anilines is 1. The van der Waals surface area contributed by atoms with Crippen LogP contribution in [0.2, 0.25) is 10.0 Å². The van der Waals surface area contributed by atoms with Crippen molar-refractivity contribution in [3.63, 3.8) is 0 Å². The molecule has 0 bridgehead atoms. The third kappa shape index (κ3) is 5.35. The summed E-state index contributed by atoms with van der Waals surface area (Å²) in [6, 6.07) is 11.6. The first-order valence-corrected chi connectivity index (χ1v) is 11.9. The van der Waals surface area contributed by atoms with Gasteiger partial charge in [-0.05, 0) is 37.1 Å². The van der Waals surface area contributed by atoms with Crippen LogP contribution in [0, 0.1) is 6.92 Å². The summed E-state index contributed by atoms with van der Waals surface area (Å²) in [6.45, 7) is 3.85. The molecule has 0 saturated carbocycles. The molecule has 1 aromatic heterocycles. The lowest BCUT2D eigenvalue weighted by molar-refractivity contribution is 0.102. The third-order valence-corrected chi connectivity index (χ3v) is 7.44. The maximum atomic E-state index is 12.8. The highest BCUT2D eigenvalue weighted by Gasteiger charge is 2.25. The van der Waals surface area contributed by atoms with Gasteiger partial charge >= 0.3 is 0 Å². The van der Waals surface area contributed by atoms with Crippen molar-refractivity contribution in [2.45, 2.75) is 30.6 Å². The first-order chi connectivity index (χ1) is 14.2. The molecule has 0 spiro atoms. The number of carbonyl (C=O) groups excluding carboxylic acids is 1. The molecule has 0 fully saturated rings. The summed E-state index contributed by atoms with van der Waals surface area (Å²) in [7, 11) is -3.92. The molecular weight excluding hydrogens is 467 g/mol. The van der Waals surface area contributed by atoms with Gasteiger partial charge in [-0.15, -0.1) is 10.2 Å². The first kappa shape index (κ1) is 22.6. The molecule has 3 aromatic rings. The monoisotopic (exact) mass is 484 g/mol. The molecule has 1 heterocycles. The number of nitrogens with zero attached hydrogens (tertiary/aromatic N) is 2. The van der Waals surface area contributed by atoms with E-state index in [1.807, 2.05) is 38.1 Å². The van der Waals surface area contributed by atoms with E-state index < -0.39 is 22.0 Å². The van der Waals surface area contributed by atoms with Gasteiger partial charge in [-0.25, -0.2) is 13.1 Å². The zero-order valence-electron chi connectivity index (χ0n) is 16.0. The molecule has 0 saturated heterocycles. The second kappa shape index (κ2) is 9.40. The van der Waals surface area contributed by atoms with Crippen molar-refractivity contribution >= 4 is 55.6 Å². The summed E-state index contributed by atoms with van der Waals surface area (Å²) in [5.41, 5.74) is 2.12. The lowest BCUT2D eigenvalue weighted by Crippen LogP contribution is -2.28. The van der Waals surface area contributed by atoms with E-state index in [-0.39, 0.29) is 20.1 Å². The number of hydrogen-bond donors (Lipinski definition) is 2. The highest BCUT2D eigenvalue weighted by Crippen LogP contribution is 2.26. The molecule has 0 aliphatic carbocycles. The largest absolute Gasteiger partial charge is 0.296 e. The fourth-order valence-electron chi connectivity index (χ4n) is 2.63. The van der Waals surface area contributed by atoms with E-state index in [1.54, 1.807) is 0 Å². The molecule has 2 N–H and O–H groups in total. The summed E-state index contributed by atoms with van der Waals surface area (Å²) in [4.78, 5) is 12.4. The van der Waals surface area contributed by atoms with E-state index >= 15 is 0 Å². The Labute approximate surface area is 188 Å². The Morgan fingerprint density at radius 3 is 2.47 bits per heavy atom. The summed E-state index contributed by atoms with van der Waals surface area (Å²) in [5, 5.41) is 10.6. The Morgan fingerprint density at radius 2 is 1.83 bits per heavy atom. The summed E-state index contributed by atoms with van der Waals surface area (Å²) < 4.78 is 27.9. The zero-order chi connectivity index (χ0) is 21.9. The number of carbonyl (C=O) groups is 1. The van der Waals surface area contributed by atoms with Crippen LogP contribution in [0.1, 0.15) is 40.9 Å². The number of amides is 1. The van der Waals surface area contributed by atoms with E-state index in [9.17, 15) is 13.2 Å². The smallest absolute Gasteiger partial charge is 0.270 e. The van der Waals surface area contributed by atoms with Crippen LogP contribution < -0.4 is 10.0 Å². The number of hydrogen-bond acceptors (Lipinski definition) is 6. The molecule has 0 radical (unpaired) electrons. The molecule has 0 unspecified atom stereocenters. The standard InChI is InChI=1S/C19H18Cl2N4O3S2/c1-3-16(12-6-4-11(2)5-7-12)25-30(27,28)19-24-23-18(29-19)22-17(26)14-9-8-13(20)10-15(14)21/h4-10,16,25H,3H2,1-2H3,(H,22,23,26)/t16-/m1/s1. The molecule has 2 aromatic carbocycles. The second-order valence-electron chi connectivity index (χ2n) is 6.44. The number of benzene rings is 2. The minimum atomic E-state index is -3.92. The number of halogens is 2. The Balaban J connectivity index is 1.75. The molecule has 158 valence electrons. The minimum absolute atomic E-state index is 0.0368. The lowest BCUT2D eigenvalue weighted by Gasteiger charge is -2.16. The predicted molar refractivity (Wildman–Crippen MR) is 119 cm³/mol. The summed E-state index contributed by atoms with van der Waals surface area (Å²) in [6.07, 6.45) is 0.555. The molecule has 0 aliphatic heterocycles. The highest BCUT2D eigenvalue weighted by atomic mass is 35.5. The van der Waals surface area contributed by atoms with Crippen molar-refractivity contribution in [3.8, 4) is 0 Å². The second-order valence-corrected chi connectivity index (χ2v) is 10.2. The molecule has 1 amide bonds. The van der Waals surface area contributed by atoms with Crippen LogP contribution in [0.4, 0.5) is 5.13 Å². The van der Waals surface area contributed by atoms with Crippen LogP contribution in [0.5, 0.6) is 0 Å². The number of aryl methyl sites for hydroxylation is 1. The van der Waals surface area contributed by atoms with Crippen molar-refractivity contribution in [2.75, 3.05) is 5.32 Å². The topological polar surface area (TPSA) is 101 Å². The number of aromatic nitrogens is 2. The van der Waals surface area contributed by atoms with Gasteiger partial charge in [0, 0.05) is 11.1 Å². The number of rotatable bonds is 7. The average Bonchev–Trinajstić information content (AvgIpc) is 3.16. The van der Waals surface area contributed by atoms with Crippen molar-refractivity contribution in [1.29, 1.82) is 0 Å². The summed E-state index contributed by atoms with van der Waals surface area (Å²) in [5.74, 6) is -0.546. The molecule has 30 heavy (non-hydrogen) atoms. The Bertz CT molecular complexity index is 1160. The maximum Gasteiger partial charge on any atom is 0.270 e. The van der Waals surface area contributed by atoms with Gasteiger partial charge in [0.2, 0.25) is 9.47 Å². The van der Waals surface area contributed by atoms with Gasteiger partial charge in [-0.1, -0.05) is 71.3 Å². The predicted octanol–water partition coefficient (Wildman–Crippen LogP) is 4.84. The maximum absolute atomic E-state index is 12.8. The highest BCUT2D eigenvalue weighted by molar-refractivity contribution is 7.91. The van der Waals surface area contributed by atoms with Gasteiger partial charge in [-0.2, -0.15) is 0 Å². The van der Waals surface area contributed by atoms with Gasteiger partial charge in [0.05, 0.1) is 10.6 Å². The molecule has 0 aliphatic rings. The Kier molecular flexibility index (Phi) is 7.10. The van der Waals surface area contributed by atoms with Crippen LogP contribution in [-0.4, -0.2) is 24.5 Å². The van der Waals surface area contributed by atoms with Gasteiger partial charge in [0.25, 0.3) is 15.9 Å². The van der Waals surface area contributed by atoms with Crippen LogP contribution in [-0.2, 0) is 10.0 Å². The SMILES string of the molecule is CC[C@@H](NS(=O)(=O)c1nnc(NC(=O)c2ccc(Cl)cc2Cl)s1)c1ccc(C)cc1. The van der Waals surface area contributed by atoms with E-state index in [1.165, 1.54) is 18.2 Å². The Hall–Kier alpha value is -2.04. The quantitative estimate of drug-likeness (QED) is 0.467. The van der Waals surface area contributed by atoms with Crippen LogP contribution in [0.25, 0.3) is 0 Å². The van der Waals surface area contributed by atoms with Crippen LogP contribution >= 0.6 is 34.5 Å². The molecule has 7 nitrogen and oxygen atoms in total. The van der Waals surface area contributed by atoms with Gasteiger partial charge < -0.3 is 0 Å².